The Kier molecular flexibility index (Phi) is 4.54. The molecular weight excluding hydrogens is 438 g/mol. The summed E-state index contributed by atoms with van der Waals surface area (Å²) in [5.41, 5.74) is 1.15. The molecule has 0 unspecified atom stereocenters. The molecule has 9 heteroatoms. The van der Waals surface area contributed by atoms with E-state index < -0.39 is 11.6 Å². The van der Waals surface area contributed by atoms with Gasteiger partial charge < -0.3 is 24.0 Å². The Labute approximate surface area is 194 Å². The summed E-state index contributed by atoms with van der Waals surface area (Å²) in [6.45, 7) is 3.25. The van der Waals surface area contributed by atoms with Crippen molar-refractivity contribution in [3.8, 4) is 17.1 Å². The summed E-state index contributed by atoms with van der Waals surface area (Å²) in [6.07, 6.45) is 1.72. The molecule has 1 aromatic carbocycles. The van der Waals surface area contributed by atoms with E-state index in [1.54, 1.807) is 40.7 Å². The van der Waals surface area contributed by atoms with Gasteiger partial charge in [-0.1, -0.05) is 6.92 Å². The molecule has 1 fully saturated rings. The predicted molar refractivity (Wildman–Crippen MR) is 121 cm³/mol. The molecule has 1 saturated heterocycles. The van der Waals surface area contributed by atoms with E-state index in [2.05, 4.69) is 0 Å². The number of aromatic nitrogens is 2. The molecule has 9 nitrogen and oxygen atoms in total. The maximum Gasteiger partial charge on any atom is 0.415 e. The minimum absolute atomic E-state index is 0.0959. The second kappa shape index (κ2) is 7.39. The maximum atomic E-state index is 13.2. The first-order valence-electron chi connectivity index (χ1n) is 11.5. The van der Waals surface area contributed by atoms with Crippen molar-refractivity contribution in [2.24, 2.45) is 0 Å². The number of benzene rings is 1. The number of aliphatic hydroxyl groups is 1. The number of cyclic esters (lactones) is 1. The van der Waals surface area contributed by atoms with Crippen molar-refractivity contribution < 1.29 is 24.2 Å². The summed E-state index contributed by atoms with van der Waals surface area (Å²) >= 11 is 0. The zero-order valence-corrected chi connectivity index (χ0v) is 18.7. The van der Waals surface area contributed by atoms with Gasteiger partial charge >= 0.3 is 12.1 Å². The van der Waals surface area contributed by atoms with Gasteiger partial charge in [-0.3, -0.25) is 4.79 Å². The molecule has 0 bridgehead atoms. The minimum Gasteiger partial charge on any atom is -0.458 e. The highest BCUT2D eigenvalue weighted by molar-refractivity contribution is 5.87. The molecule has 0 radical (unpaired) electrons. The van der Waals surface area contributed by atoms with Crippen LogP contribution in [-0.2, 0) is 28.3 Å². The molecule has 1 amide bonds. The Bertz CT molecular complexity index is 1440. The van der Waals surface area contributed by atoms with Crippen molar-refractivity contribution in [1.82, 2.24) is 14.5 Å². The van der Waals surface area contributed by atoms with Gasteiger partial charge in [0, 0.05) is 29.6 Å². The Morgan fingerprint density at radius 1 is 1.21 bits per heavy atom. The van der Waals surface area contributed by atoms with E-state index in [9.17, 15) is 19.5 Å². The minimum atomic E-state index is -1.85. The molecular formula is C25H23N3O6. The lowest BCUT2D eigenvalue weighted by Gasteiger charge is -2.31. The van der Waals surface area contributed by atoms with Crippen LogP contribution in [0, 0.1) is 0 Å². The molecule has 3 aliphatic heterocycles. The molecule has 3 aliphatic rings. The fourth-order valence-corrected chi connectivity index (χ4v) is 5.09. The van der Waals surface area contributed by atoms with Crippen LogP contribution in [0.3, 0.4) is 0 Å². The summed E-state index contributed by atoms with van der Waals surface area (Å²) in [5, 5.41) is 11.8. The highest BCUT2D eigenvalue weighted by Gasteiger charge is 2.45. The van der Waals surface area contributed by atoms with Gasteiger partial charge in [-0.25, -0.2) is 14.6 Å². The molecule has 3 aromatic rings. The Morgan fingerprint density at radius 2 is 2.00 bits per heavy atom. The number of likely N-dealkylation sites (tertiary alicyclic amines) is 1. The van der Waals surface area contributed by atoms with Crippen molar-refractivity contribution >= 4 is 23.0 Å². The van der Waals surface area contributed by atoms with E-state index in [-0.39, 0.29) is 24.7 Å². The van der Waals surface area contributed by atoms with Crippen LogP contribution in [0.4, 0.5) is 4.79 Å². The summed E-state index contributed by atoms with van der Waals surface area (Å²) in [7, 11) is 0. The highest BCUT2D eigenvalue weighted by Crippen LogP contribution is 2.38. The second-order valence-corrected chi connectivity index (χ2v) is 9.02. The van der Waals surface area contributed by atoms with Crippen LogP contribution in [0.2, 0.25) is 0 Å². The molecule has 1 N–H and O–H groups in total. The number of hydrogen-bond acceptors (Lipinski definition) is 7. The third-order valence-corrected chi connectivity index (χ3v) is 7.05. The van der Waals surface area contributed by atoms with E-state index in [0.29, 0.717) is 53.4 Å². The van der Waals surface area contributed by atoms with Crippen LogP contribution in [0.5, 0.6) is 5.75 Å². The van der Waals surface area contributed by atoms with Gasteiger partial charge in [0.25, 0.3) is 5.56 Å². The number of carbonyl (C=O) groups excluding carboxylic acids is 2. The standard InChI is InChI=1S/C25H23N3O6/c1-2-25(32)18-11-20-21-15(12-28(20)22(29)17(18)13-33-23(25)30)9-14-10-16(5-6-19(14)26-21)34-24(31)27-7-3-4-8-27/h5-6,9-11,32H,2-4,7-8,12-13H2,1H3/t25-/m0/s1. The van der Waals surface area contributed by atoms with Crippen LogP contribution in [0.15, 0.2) is 35.1 Å². The Morgan fingerprint density at radius 3 is 2.76 bits per heavy atom. The zero-order chi connectivity index (χ0) is 23.6. The zero-order valence-electron chi connectivity index (χ0n) is 18.7. The van der Waals surface area contributed by atoms with Gasteiger partial charge in [-0.15, -0.1) is 0 Å². The normalized spacial score (nSPS) is 20.6. The first-order valence-corrected chi connectivity index (χ1v) is 11.5. The van der Waals surface area contributed by atoms with Crippen molar-refractivity contribution in [3.63, 3.8) is 0 Å². The van der Waals surface area contributed by atoms with E-state index in [1.807, 2.05) is 6.07 Å². The van der Waals surface area contributed by atoms with Gasteiger partial charge in [-0.2, -0.15) is 0 Å². The van der Waals surface area contributed by atoms with Crippen molar-refractivity contribution in [2.45, 2.75) is 44.9 Å². The third-order valence-electron chi connectivity index (χ3n) is 7.05. The van der Waals surface area contributed by atoms with Crippen LogP contribution >= 0.6 is 0 Å². The van der Waals surface area contributed by atoms with Crippen LogP contribution in [-0.4, -0.2) is 44.7 Å². The van der Waals surface area contributed by atoms with E-state index in [0.717, 1.165) is 23.8 Å². The lowest BCUT2D eigenvalue weighted by Crippen LogP contribution is -2.44. The monoisotopic (exact) mass is 461 g/mol. The fraction of sp³-hybridized carbons (Fsp3) is 0.360. The smallest absolute Gasteiger partial charge is 0.415 e. The number of rotatable bonds is 2. The van der Waals surface area contributed by atoms with E-state index >= 15 is 0 Å². The molecule has 174 valence electrons. The number of esters is 1. The summed E-state index contributed by atoms with van der Waals surface area (Å²) in [5.74, 6) is -0.300. The van der Waals surface area contributed by atoms with E-state index in [1.165, 1.54) is 0 Å². The Balaban J connectivity index is 1.41. The Hall–Kier alpha value is -3.72. The predicted octanol–water partition coefficient (Wildman–Crippen LogP) is 2.67. The van der Waals surface area contributed by atoms with Crippen LogP contribution in [0.25, 0.3) is 22.3 Å². The summed E-state index contributed by atoms with van der Waals surface area (Å²) < 4.78 is 12.3. The van der Waals surface area contributed by atoms with Gasteiger partial charge in [0.15, 0.2) is 5.60 Å². The average Bonchev–Trinajstić information content (AvgIpc) is 3.49. The molecule has 2 aromatic heterocycles. The number of ether oxygens (including phenoxy) is 2. The van der Waals surface area contributed by atoms with Gasteiger partial charge in [0.2, 0.25) is 0 Å². The molecule has 34 heavy (non-hydrogen) atoms. The number of amides is 1. The van der Waals surface area contributed by atoms with Crippen molar-refractivity contribution in [3.05, 3.63) is 57.4 Å². The number of hydrogen-bond donors (Lipinski definition) is 1. The molecule has 0 saturated carbocycles. The lowest BCUT2D eigenvalue weighted by atomic mass is 9.86. The van der Waals surface area contributed by atoms with Crippen LogP contribution < -0.4 is 10.3 Å². The van der Waals surface area contributed by atoms with Gasteiger partial charge in [0.05, 0.1) is 29.0 Å². The molecule has 6 rings (SSSR count). The quantitative estimate of drug-likeness (QED) is 0.457. The van der Waals surface area contributed by atoms with E-state index in [4.69, 9.17) is 14.5 Å². The lowest BCUT2D eigenvalue weighted by molar-refractivity contribution is -0.172. The number of pyridine rings is 2. The SMILES string of the molecule is CC[C@@]1(O)C(=O)OCc2c1cc1n(c2=O)Cc2cc3cc(OC(=O)N4CCCC4)ccc3nc2-1. The van der Waals surface area contributed by atoms with Gasteiger partial charge in [0.1, 0.15) is 12.4 Å². The van der Waals surface area contributed by atoms with Gasteiger partial charge in [-0.05, 0) is 49.6 Å². The highest BCUT2D eigenvalue weighted by atomic mass is 16.6. The first kappa shape index (κ1) is 20.9. The summed E-state index contributed by atoms with van der Waals surface area (Å²) in [4.78, 5) is 44.4. The van der Waals surface area contributed by atoms with Crippen molar-refractivity contribution in [1.29, 1.82) is 0 Å². The number of nitrogens with zero attached hydrogens (tertiary/aromatic N) is 3. The molecule has 0 aliphatic carbocycles. The number of fused-ring (bicyclic) bond motifs is 5. The first-order chi connectivity index (χ1) is 16.4. The number of carbonyl (C=O) groups is 2. The fourth-order valence-electron chi connectivity index (χ4n) is 5.09. The average molecular weight is 461 g/mol. The molecule has 1 atom stereocenters. The summed E-state index contributed by atoms with van der Waals surface area (Å²) in [6, 6.07) is 8.88. The largest absolute Gasteiger partial charge is 0.458 e. The molecule has 0 spiro atoms. The second-order valence-electron chi connectivity index (χ2n) is 9.02. The van der Waals surface area contributed by atoms with Crippen LogP contribution in [0.1, 0.15) is 42.9 Å². The van der Waals surface area contributed by atoms with Crippen molar-refractivity contribution in [2.75, 3.05) is 13.1 Å². The molecule has 5 heterocycles. The maximum absolute atomic E-state index is 13.2. The third kappa shape index (κ3) is 2.96. The topological polar surface area (TPSA) is 111 Å².